The molecule has 13 heteroatoms. The SMILES string of the molecule is CCCCCC1CCC(C(=O)N[C@@H](CCCNC(=N)N[N+](=O)[O-])C(=O)N[C@@H](CC(C)C)B2O[C@@H]3C[C@@H]4C[C@@H](C4(C)C)[C@]3(C)O2)CC1. The van der Waals surface area contributed by atoms with E-state index in [9.17, 15) is 19.7 Å². The molecule has 0 radical (unpaired) electrons. The maximum atomic E-state index is 14.0. The largest absolute Gasteiger partial charge is 0.481 e. The number of carbonyl (C=O) groups is 2. The zero-order valence-corrected chi connectivity index (χ0v) is 29.0. The molecular weight excluding hydrogens is 587 g/mol. The van der Waals surface area contributed by atoms with Gasteiger partial charge in [0.2, 0.25) is 11.8 Å². The van der Waals surface area contributed by atoms with Gasteiger partial charge >= 0.3 is 7.12 Å². The van der Waals surface area contributed by atoms with Crippen LogP contribution in [0.1, 0.15) is 125 Å². The third-order valence-corrected chi connectivity index (χ3v) is 11.6. The fraction of sp³-hybridized carbons (Fsp3) is 0.909. The number of guanidine groups is 1. The van der Waals surface area contributed by atoms with Gasteiger partial charge in [-0.05, 0) is 93.8 Å². The van der Waals surface area contributed by atoms with Crippen LogP contribution in [0.5, 0.6) is 0 Å². The predicted octanol–water partition coefficient (Wildman–Crippen LogP) is 4.74. The highest BCUT2D eigenvalue weighted by molar-refractivity contribution is 6.48. The lowest BCUT2D eigenvalue weighted by Crippen LogP contribution is -2.65. The van der Waals surface area contributed by atoms with Crippen LogP contribution < -0.4 is 21.4 Å². The summed E-state index contributed by atoms with van der Waals surface area (Å²) >= 11 is 0. The van der Waals surface area contributed by atoms with Crippen molar-refractivity contribution in [3.63, 3.8) is 0 Å². The van der Waals surface area contributed by atoms with Crippen molar-refractivity contribution in [1.82, 2.24) is 21.4 Å². The van der Waals surface area contributed by atoms with E-state index >= 15 is 0 Å². The first kappa shape index (κ1) is 36.4. The maximum Gasteiger partial charge on any atom is 0.481 e. The van der Waals surface area contributed by atoms with Crippen molar-refractivity contribution < 1.29 is 23.9 Å². The fourth-order valence-corrected chi connectivity index (χ4v) is 8.71. The van der Waals surface area contributed by atoms with E-state index in [4.69, 9.17) is 14.7 Å². The van der Waals surface area contributed by atoms with E-state index in [-0.39, 0.29) is 53.3 Å². The average Bonchev–Trinajstić information content (AvgIpc) is 3.35. The highest BCUT2D eigenvalue weighted by Crippen LogP contribution is 2.65. The summed E-state index contributed by atoms with van der Waals surface area (Å²) in [5.41, 5.74) is 1.60. The fourth-order valence-electron chi connectivity index (χ4n) is 8.71. The van der Waals surface area contributed by atoms with Crippen molar-refractivity contribution in [3.05, 3.63) is 10.1 Å². The molecule has 5 N–H and O–H groups in total. The molecule has 1 heterocycles. The van der Waals surface area contributed by atoms with Crippen LogP contribution in [-0.4, -0.2) is 60.2 Å². The number of nitro groups is 1. The summed E-state index contributed by atoms with van der Waals surface area (Å²) in [6.07, 6.45) is 12.2. The van der Waals surface area contributed by atoms with Crippen molar-refractivity contribution in [2.24, 2.45) is 35.0 Å². The summed E-state index contributed by atoms with van der Waals surface area (Å²) in [6.45, 7) is 13.5. The Morgan fingerprint density at radius 2 is 1.78 bits per heavy atom. The minimum absolute atomic E-state index is 0.00241. The van der Waals surface area contributed by atoms with Crippen molar-refractivity contribution in [2.75, 3.05) is 6.54 Å². The van der Waals surface area contributed by atoms with Gasteiger partial charge < -0.3 is 25.3 Å². The molecule has 0 aromatic heterocycles. The molecule has 5 rings (SSSR count). The van der Waals surface area contributed by atoms with E-state index in [1.807, 2.05) is 0 Å². The van der Waals surface area contributed by atoms with Gasteiger partial charge in [-0.2, -0.15) is 0 Å². The van der Waals surface area contributed by atoms with Crippen LogP contribution in [0.25, 0.3) is 0 Å². The van der Waals surface area contributed by atoms with E-state index in [2.05, 4.69) is 57.5 Å². The summed E-state index contributed by atoms with van der Waals surface area (Å²) in [7, 11) is -0.564. The first-order valence-corrected chi connectivity index (χ1v) is 17.9. The average molecular weight is 647 g/mol. The molecule has 5 fully saturated rings. The van der Waals surface area contributed by atoms with Gasteiger partial charge in [-0.15, -0.1) is 0 Å². The number of hydrogen-bond acceptors (Lipinski definition) is 7. The zero-order chi connectivity index (χ0) is 33.6. The number of amides is 2. The van der Waals surface area contributed by atoms with Gasteiger partial charge in [-0.3, -0.25) is 15.0 Å². The lowest BCUT2D eigenvalue weighted by Gasteiger charge is -2.64. The maximum absolute atomic E-state index is 14.0. The second-order valence-corrected chi connectivity index (χ2v) is 15.7. The van der Waals surface area contributed by atoms with E-state index < -0.39 is 24.2 Å². The first-order chi connectivity index (χ1) is 21.7. The van der Waals surface area contributed by atoms with E-state index in [0.29, 0.717) is 37.0 Å². The zero-order valence-electron chi connectivity index (χ0n) is 29.0. The summed E-state index contributed by atoms with van der Waals surface area (Å²) < 4.78 is 13.3. The summed E-state index contributed by atoms with van der Waals surface area (Å²) in [5, 5.41) is 26.4. The van der Waals surface area contributed by atoms with Crippen LogP contribution in [0.3, 0.4) is 0 Å². The van der Waals surface area contributed by atoms with Gasteiger partial charge in [0, 0.05) is 12.5 Å². The minimum Gasteiger partial charge on any atom is -0.404 e. The number of hydrazine groups is 1. The molecule has 5 aliphatic rings. The molecule has 1 saturated heterocycles. The third-order valence-electron chi connectivity index (χ3n) is 11.6. The highest BCUT2D eigenvalue weighted by atomic mass is 16.7. The number of nitrogens with zero attached hydrogens (tertiary/aromatic N) is 1. The Kier molecular flexibility index (Phi) is 12.4. The third kappa shape index (κ3) is 8.73. The standard InChI is InChI=1S/C33H59BN6O6/c1-7-8-9-11-22-13-15-23(16-14-22)29(41)37-25(12-10-17-36-31(35)39-40(43)44)30(42)38-28(18-21(2)3)34-45-27-20-24-19-26(32(24,4)5)33(27,6)46-34/h21-28H,7-20H2,1-6H3,(H,37,41)(H,38,42)(H3,35,36,39)/t22?,23?,24-,25-,26-,27+,28-,33-/m0/s1. The molecule has 0 aromatic rings. The van der Waals surface area contributed by atoms with Crippen LogP contribution in [0.4, 0.5) is 0 Å². The minimum atomic E-state index is -0.798. The Labute approximate surface area is 275 Å². The molecule has 2 amide bonds. The summed E-state index contributed by atoms with van der Waals surface area (Å²) in [5.74, 6) is 0.723. The Morgan fingerprint density at radius 1 is 1.07 bits per heavy atom. The number of carbonyl (C=O) groups excluding carboxylic acids is 2. The smallest absolute Gasteiger partial charge is 0.404 e. The van der Waals surface area contributed by atoms with E-state index in [1.54, 1.807) is 5.43 Å². The number of unbranched alkanes of at least 4 members (excludes halogenated alkanes) is 2. The quantitative estimate of drug-likeness (QED) is 0.0400. The van der Waals surface area contributed by atoms with Gasteiger partial charge in [0.1, 0.15) is 6.04 Å². The molecule has 0 spiro atoms. The lowest BCUT2D eigenvalue weighted by molar-refractivity contribution is -0.525. The molecule has 2 bridgehead atoms. The topological polar surface area (TPSA) is 168 Å². The molecule has 1 aliphatic heterocycles. The van der Waals surface area contributed by atoms with Gasteiger partial charge in [0.05, 0.1) is 17.6 Å². The van der Waals surface area contributed by atoms with Crippen LogP contribution in [0.15, 0.2) is 0 Å². The van der Waals surface area contributed by atoms with Crippen LogP contribution in [-0.2, 0) is 18.9 Å². The molecule has 12 nitrogen and oxygen atoms in total. The van der Waals surface area contributed by atoms with Crippen molar-refractivity contribution in [1.29, 1.82) is 5.41 Å². The molecular formula is C33H59BN6O6. The molecule has 4 aliphatic carbocycles. The van der Waals surface area contributed by atoms with Crippen LogP contribution in [0.2, 0.25) is 0 Å². The lowest BCUT2D eigenvalue weighted by atomic mass is 9.43. The Hall–Kier alpha value is -2.41. The molecule has 0 unspecified atom stereocenters. The molecule has 46 heavy (non-hydrogen) atoms. The monoisotopic (exact) mass is 646 g/mol. The van der Waals surface area contributed by atoms with Crippen molar-refractivity contribution in [2.45, 2.75) is 149 Å². The van der Waals surface area contributed by atoms with Crippen molar-refractivity contribution >= 4 is 24.9 Å². The molecule has 4 saturated carbocycles. The van der Waals surface area contributed by atoms with E-state index in [1.165, 1.54) is 25.7 Å². The van der Waals surface area contributed by atoms with Crippen molar-refractivity contribution in [3.8, 4) is 0 Å². The molecule has 260 valence electrons. The highest BCUT2D eigenvalue weighted by Gasteiger charge is 2.68. The van der Waals surface area contributed by atoms with Gasteiger partial charge in [-0.25, -0.2) is 10.1 Å². The molecule has 0 aromatic carbocycles. The molecule has 6 atom stereocenters. The Morgan fingerprint density at radius 3 is 2.41 bits per heavy atom. The second kappa shape index (κ2) is 15.7. The predicted molar refractivity (Wildman–Crippen MR) is 178 cm³/mol. The summed E-state index contributed by atoms with van der Waals surface area (Å²) in [6, 6.07) is -0.782. The Bertz CT molecular complexity index is 1080. The van der Waals surface area contributed by atoms with Crippen LogP contribution >= 0.6 is 0 Å². The first-order valence-electron chi connectivity index (χ1n) is 17.9. The van der Waals surface area contributed by atoms with E-state index in [0.717, 1.165) is 38.5 Å². The second-order valence-electron chi connectivity index (χ2n) is 15.7. The number of nitrogens with one attached hydrogen (secondary N) is 5. The Balaban J connectivity index is 1.39. The van der Waals surface area contributed by atoms with Gasteiger partial charge in [0.15, 0.2) is 5.03 Å². The number of hydrogen-bond donors (Lipinski definition) is 5. The van der Waals surface area contributed by atoms with Gasteiger partial charge in [-0.1, -0.05) is 65.7 Å². The normalized spacial score (nSPS) is 30.8. The van der Waals surface area contributed by atoms with Gasteiger partial charge in [0.25, 0.3) is 5.96 Å². The summed E-state index contributed by atoms with van der Waals surface area (Å²) in [4.78, 5) is 38.1. The number of rotatable bonds is 16. The van der Waals surface area contributed by atoms with Crippen LogP contribution in [0, 0.1) is 50.5 Å².